The summed E-state index contributed by atoms with van der Waals surface area (Å²) in [5.74, 6) is 1.54. The highest BCUT2D eigenvalue weighted by molar-refractivity contribution is 6.31. The van der Waals surface area contributed by atoms with E-state index in [0.29, 0.717) is 24.6 Å². The van der Waals surface area contributed by atoms with Crippen LogP contribution in [-0.2, 0) is 19.5 Å². The Hall–Kier alpha value is -4.36. The highest BCUT2D eigenvalue weighted by Gasteiger charge is 2.17. The number of nitrogens with zero attached hydrogens (tertiary/aromatic N) is 6. The van der Waals surface area contributed by atoms with Gasteiger partial charge in [0.05, 0.1) is 6.54 Å². The van der Waals surface area contributed by atoms with E-state index in [4.69, 9.17) is 11.6 Å². The van der Waals surface area contributed by atoms with Crippen molar-refractivity contribution in [1.82, 2.24) is 29.8 Å². The molecule has 7 nitrogen and oxygen atoms in total. The van der Waals surface area contributed by atoms with Crippen LogP contribution in [0, 0.1) is 0 Å². The third kappa shape index (κ3) is 6.04. The van der Waals surface area contributed by atoms with Gasteiger partial charge in [0.25, 0.3) is 0 Å². The van der Waals surface area contributed by atoms with Gasteiger partial charge in [-0.2, -0.15) is 0 Å². The van der Waals surface area contributed by atoms with Gasteiger partial charge in [-0.15, -0.1) is 5.10 Å². The summed E-state index contributed by atoms with van der Waals surface area (Å²) in [5.41, 5.74) is 5.61. The summed E-state index contributed by atoms with van der Waals surface area (Å²) in [7, 11) is 0. The van der Waals surface area contributed by atoms with Gasteiger partial charge in [-0.25, -0.2) is 9.67 Å². The van der Waals surface area contributed by atoms with Gasteiger partial charge in [0, 0.05) is 18.5 Å². The molecule has 1 aliphatic carbocycles. The monoisotopic (exact) mass is 536 g/mol. The third-order valence-corrected chi connectivity index (χ3v) is 6.89. The number of carbonyl (C=O) groups is 1. The molecule has 196 valence electrons. The molecule has 2 aromatic carbocycles. The van der Waals surface area contributed by atoms with Crippen LogP contribution in [0.25, 0.3) is 22.5 Å². The molecule has 0 saturated carbocycles. The summed E-state index contributed by atoms with van der Waals surface area (Å²) in [4.78, 5) is 16.2. The largest absolute Gasteiger partial charge is 0.320 e. The number of unbranched alkanes of at least 4 members (excludes halogenated alkanes) is 1. The highest BCUT2D eigenvalue weighted by Crippen LogP contribution is 2.31. The van der Waals surface area contributed by atoms with E-state index in [1.165, 1.54) is 0 Å². The topological polar surface area (TPSA) is 78.5 Å². The first-order valence-corrected chi connectivity index (χ1v) is 13.4. The molecular weight excluding hydrogens is 508 g/mol. The van der Waals surface area contributed by atoms with Crippen molar-refractivity contribution in [2.45, 2.75) is 39.3 Å². The molecular formula is C31H29ClN6O. The normalized spacial score (nSPS) is 16.6. The lowest BCUT2D eigenvalue weighted by Gasteiger charge is -2.13. The van der Waals surface area contributed by atoms with Gasteiger partial charge in [0.1, 0.15) is 11.5 Å². The molecule has 0 saturated heterocycles. The summed E-state index contributed by atoms with van der Waals surface area (Å²) in [6, 6.07) is 16.5. The smallest absolute Gasteiger partial charge is 0.182 e. The van der Waals surface area contributed by atoms with E-state index in [9.17, 15) is 4.79 Å². The Balaban J connectivity index is 1.42. The second-order valence-corrected chi connectivity index (χ2v) is 9.64. The molecule has 0 unspecified atom stereocenters. The van der Waals surface area contributed by atoms with E-state index in [0.717, 1.165) is 59.2 Å². The van der Waals surface area contributed by atoms with Gasteiger partial charge in [-0.1, -0.05) is 116 Å². The molecule has 0 N–H and O–H groups in total. The van der Waals surface area contributed by atoms with Crippen LogP contribution in [0.3, 0.4) is 0 Å². The number of hydrogen-bond donors (Lipinski definition) is 0. The molecule has 0 aliphatic heterocycles. The molecule has 2 heterocycles. The minimum absolute atomic E-state index is 0.262. The minimum Gasteiger partial charge on any atom is -0.320 e. The maximum Gasteiger partial charge on any atom is 0.182 e. The fourth-order valence-electron chi connectivity index (χ4n) is 4.59. The average molecular weight is 537 g/mol. The summed E-state index contributed by atoms with van der Waals surface area (Å²) in [5, 5.41) is 12.9. The molecule has 0 radical (unpaired) electrons. The van der Waals surface area contributed by atoms with Crippen LogP contribution < -0.4 is 0 Å². The van der Waals surface area contributed by atoms with E-state index in [-0.39, 0.29) is 5.15 Å². The number of hydrogen-bond acceptors (Lipinski definition) is 5. The Labute approximate surface area is 232 Å². The van der Waals surface area contributed by atoms with Crippen molar-refractivity contribution >= 4 is 17.9 Å². The van der Waals surface area contributed by atoms with Crippen molar-refractivity contribution < 1.29 is 4.79 Å². The first-order chi connectivity index (χ1) is 19.2. The molecule has 0 amide bonds. The molecule has 39 heavy (non-hydrogen) atoms. The fraction of sp³-hybridized carbons (Fsp3) is 0.194. The van der Waals surface area contributed by atoms with Crippen LogP contribution in [-0.4, -0.2) is 36.0 Å². The Bertz CT molecular complexity index is 1570. The number of benzene rings is 2. The van der Waals surface area contributed by atoms with Gasteiger partial charge < -0.3 is 4.57 Å². The number of tetrazole rings is 1. The lowest BCUT2D eigenvalue weighted by Crippen LogP contribution is -2.08. The third-order valence-electron chi connectivity index (χ3n) is 6.61. The summed E-state index contributed by atoms with van der Waals surface area (Å²) < 4.78 is 3.75. The Kier molecular flexibility index (Phi) is 8.39. The van der Waals surface area contributed by atoms with E-state index < -0.39 is 0 Å². The van der Waals surface area contributed by atoms with Crippen LogP contribution >= 0.6 is 11.6 Å². The summed E-state index contributed by atoms with van der Waals surface area (Å²) in [6.45, 7) is 3.21. The van der Waals surface area contributed by atoms with Crippen molar-refractivity contribution in [3.05, 3.63) is 119 Å². The predicted molar refractivity (Wildman–Crippen MR) is 155 cm³/mol. The van der Waals surface area contributed by atoms with Crippen LogP contribution in [0.1, 0.15) is 41.6 Å². The van der Waals surface area contributed by atoms with Crippen LogP contribution in [0.2, 0.25) is 5.15 Å². The molecule has 0 fully saturated rings. The van der Waals surface area contributed by atoms with Gasteiger partial charge in [-0.3, -0.25) is 4.79 Å². The summed E-state index contributed by atoms with van der Waals surface area (Å²) in [6.07, 6.45) is 17.7. The van der Waals surface area contributed by atoms with Crippen molar-refractivity contribution in [1.29, 1.82) is 0 Å². The molecule has 2 aromatic heterocycles. The average Bonchev–Trinajstić information content (AvgIpc) is 3.52. The number of carbonyl (C=O) groups excluding carboxylic acids is 1. The quantitative estimate of drug-likeness (QED) is 0.211. The van der Waals surface area contributed by atoms with Crippen molar-refractivity contribution in [2.24, 2.45) is 0 Å². The Morgan fingerprint density at radius 2 is 1.69 bits per heavy atom. The van der Waals surface area contributed by atoms with Gasteiger partial charge >= 0.3 is 0 Å². The molecule has 0 atom stereocenters. The van der Waals surface area contributed by atoms with Crippen LogP contribution in [0.5, 0.6) is 0 Å². The molecule has 5 rings (SSSR count). The van der Waals surface area contributed by atoms with E-state index >= 15 is 0 Å². The zero-order chi connectivity index (χ0) is 27.0. The molecule has 0 bridgehead atoms. The van der Waals surface area contributed by atoms with Crippen LogP contribution in [0.4, 0.5) is 0 Å². The first kappa shape index (κ1) is 26.3. The first-order valence-electron chi connectivity index (χ1n) is 13.0. The highest BCUT2D eigenvalue weighted by atomic mass is 35.5. The second kappa shape index (κ2) is 12.5. The summed E-state index contributed by atoms with van der Waals surface area (Å²) >= 11 is 6.26. The van der Waals surface area contributed by atoms with Crippen molar-refractivity contribution in [3.8, 4) is 22.5 Å². The fourth-order valence-corrected chi connectivity index (χ4v) is 4.83. The molecule has 0 spiro atoms. The Morgan fingerprint density at radius 1 is 0.923 bits per heavy atom. The van der Waals surface area contributed by atoms with E-state index in [1.54, 1.807) is 0 Å². The Morgan fingerprint density at radius 3 is 2.49 bits per heavy atom. The van der Waals surface area contributed by atoms with Gasteiger partial charge in [-0.05, 0) is 39.1 Å². The number of halogens is 1. The second-order valence-electron chi connectivity index (χ2n) is 9.28. The minimum atomic E-state index is 0.262. The number of allylic oxidation sites excluding steroid dienone is 8. The van der Waals surface area contributed by atoms with Gasteiger partial charge in [0.15, 0.2) is 17.3 Å². The number of rotatable bonds is 10. The lowest BCUT2D eigenvalue weighted by atomic mass is 9.98. The zero-order valence-corrected chi connectivity index (χ0v) is 22.5. The molecule has 8 heteroatoms. The number of aldehydes is 1. The molecule has 4 aromatic rings. The SMILES string of the molecule is CCCCc1nc(Cl)c(C=O)n1Cc1ccc(-c2ccccc2-c2nnnn2CC2=C/C=C\C=C/C=C\2)cc1. The number of imidazole rings is 1. The van der Waals surface area contributed by atoms with Crippen molar-refractivity contribution in [2.75, 3.05) is 0 Å². The standard InChI is InChI=1S/C31H29ClN6O/c1-2-3-15-29-33-30(32)28(22-39)37(29)20-24-16-18-25(19-17-24)26-13-9-10-14-27(26)31-34-35-36-38(31)21-23-11-7-5-4-6-8-12-23/h4-14,16-19,22H,2-3,15,20-21H2,1H3/b5-4-,6-4?,7-5?,8-6-,11-7-,12-8?,23-11?,23-12+. The van der Waals surface area contributed by atoms with E-state index in [2.05, 4.69) is 69.9 Å². The zero-order valence-electron chi connectivity index (χ0n) is 21.7. The number of aryl methyl sites for hydroxylation is 1. The maximum atomic E-state index is 11.7. The predicted octanol–water partition coefficient (Wildman–Crippen LogP) is 6.67. The number of aromatic nitrogens is 6. The van der Waals surface area contributed by atoms with E-state index in [1.807, 2.05) is 57.8 Å². The molecule has 1 aliphatic rings. The van der Waals surface area contributed by atoms with Crippen LogP contribution in [0.15, 0.2) is 96.6 Å². The van der Waals surface area contributed by atoms with Crippen molar-refractivity contribution in [3.63, 3.8) is 0 Å². The lowest BCUT2D eigenvalue weighted by molar-refractivity contribution is 0.111. The maximum absolute atomic E-state index is 11.7. The van der Waals surface area contributed by atoms with Gasteiger partial charge in [0.2, 0.25) is 0 Å².